The molecule has 0 radical (unpaired) electrons. The summed E-state index contributed by atoms with van der Waals surface area (Å²) in [5.74, 6) is 1.16. The molecule has 0 bridgehead atoms. The Balaban J connectivity index is 1.37. The quantitative estimate of drug-likeness (QED) is 0.405. The van der Waals surface area contributed by atoms with Crippen LogP contribution in [0.5, 0.6) is 5.75 Å². The average molecular weight is 498 g/mol. The predicted octanol–water partition coefficient (Wildman–Crippen LogP) is 3.59. The van der Waals surface area contributed by atoms with E-state index in [1.807, 2.05) is 42.5 Å². The lowest BCUT2D eigenvalue weighted by molar-refractivity contribution is 0.177. The summed E-state index contributed by atoms with van der Waals surface area (Å²) >= 11 is 6.07. The first kappa shape index (κ1) is 22.8. The number of piperazine rings is 1. The number of hydrogen-bond acceptors (Lipinski definition) is 6. The van der Waals surface area contributed by atoms with E-state index in [1.54, 1.807) is 18.3 Å². The van der Waals surface area contributed by atoms with Gasteiger partial charge in [0.15, 0.2) is 5.65 Å². The molecule has 1 fully saturated rings. The van der Waals surface area contributed by atoms with E-state index >= 15 is 0 Å². The molecule has 0 amide bonds. The average Bonchev–Trinajstić information content (AvgIpc) is 3.22. The highest BCUT2D eigenvalue weighted by atomic mass is 35.5. The minimum Gasteiger partial charge on any atom is -0.495 e. The molecular formula is C24H24ClN5O3S. The fourth-order valence-electron chi connectivity index (χ4n) is 4.23. The van der Waals surface area contributed by atoms with Gasteiger partial charge in [-0.1, -0.05) is 29.8 Å². The number of halogens is 1. The number of benzene rings is 2. The van der Waals surface area contributed by atoms with Crippen LogP contribution in [0.25, 0.3) is 16.9 Å². The summed E-state index contributed by atoms with van der Waals surface area (Å²) in [6.45, 7) is 2.46. The summed E-state index contributed by atoms with van der Waals surface area (Å²) < 4.78 is 35.4. The number of fused-ring (bicyclic) bond motifs is 1. The normalized spacial score (nSPS) is 15.6. The number of sulfonamides is 1. The van der Waals surface area contributed by atoms with Crippen molar-refractivity contribution < 1.29 is 13.2 Å². The lowest BCUT2D eigenvalue weighted by Gasteiger charge is -2.34. The third-order valence-corrected chi connectivity index (χ3v) is 8.09. The molecule has 176 valence electrons. The standard InChI is InChI=1S/C24H24ClN5O3S/c1-33-21-10-9-18(25)16-22(21)34(31,32)29-14-12-28(13-15-29)17-23-27-20-8-5-11-26-24(20)30(23)19-6-3-2-4-7-19/h2-11,16H,12-15,17H2,1H3. The van der Waals surface area contributed by atoms with Gasteiger partial charge in [-0.2, -0.15) is 4.31 Å². The first-order chi connectivity index (χ1) is 16.5. The molecule has 0 atom stereocenters. The van der Waals surface area contributed by atoms with Crippen LogP contribution in [0, 0.1) is 0 Å². The Morgan fingerprint density at radius 1 is 1.00 bits per heavy atom. The van der Waals surface area contributed by atoms with Crippen molar-refractivity contribution >= 4 is 32.8 Å². The minimum absolute atomic E-state index is 0.0906. The third-order valence-electron chi connectivity index (χ3n) is 5.94. The molecule has 0 spiro atoms. The molecule has 0 saturated carbocycles. The zero-order valence-corrected chi connectivity index (χ0v) is 20.2. The fourth-order valence-corrected chi connectivity index (χ4v) is 6.07. The van der Waals surface area contributed by atoms with Gasteiger partial charge < -0.3 is 4.74 Å². The van der Waals surface area contributed by atoms with Crippen molar-refractivity contribution in [1.82, 2.24) is 23.7 Å². The van der Waals surface area contributed by atoms with E-state index < -0.39 is 10.0 Å². The number of para-hydroxylation sites is 1. The van der Waals surface area contributed by atoms with Gasteiger partial charge in [0.1, 0.15) is 22.0 Å². The largest absolute Gasteiger partial charge is 0.495 e. The smallest absolute Gasteiger partial charge is 0.246 e. The van der Waals surface area contributed by atoms with Gasteiger partial charge in [0.2, 0.25) is 10.0 Å². The zero-order valence-electron chi connectivity index (χ0n) is 18.6. The zero-order chi connectivity index (χ0) is 23.7. The van der Waals surface area contributed by atoms with Crippen molar-refractivity contribution in [2.45, 2.75) is 11.4 Å². The maximum absolute atomic E-state index is 13.3. The number of ether oxygens (including phenoxy) is 1. The molecule has 10 heteroatoms. The SMILES string of the molecule is COc1ccc(Cl)cc1S(=O)(=O)N1CCN(Cc2nc3cccnc3n2-c2ccccc2)CC1. The highest BCUT2D eigenvalue weighted by Crippen LogP contribution is 2.30. The van der Waals surface area contributed by atoms with Gasteiger partial charge in [-0.3, -0.25) is 9.47 Å². The summed E-state index contributed by atoms with van der Waals surface area (Å²) in [5, 5.41) is 0.353. The number of hydrogen-bond donors (Lipinski definition) is 0. The highest BCUT2D eigenvalue weighted by molar-refractivity contribution is 7.89. The molecule has 0 aliphatic carbocycles. The number of rotatable bonds is 6. The van der Waals surface area contributed by atoms with Gasteiger partial charge in [-0.05, 0) is 42.5 Å². The molecule has 1 aliphatic rings. The summed E-state index contributed by atoms with van der Waals surface area (Å²) in [7, 11) is -2.28. The molecule has 0 N–H and O–H groups in total. The second-order valence-corrected chi connectivity index (χ2v) is 10.4. The Morgan fingerprint density at radius 3 is 2.50 bits per heavy atom. The molecule has 1 aliphatic heterocycles. The van der Waals surface area contributed by atoms with Crippen LogP contribution in [0.15, 0.2) is 71.8 Å². The molecular weight excluding hydrogens is 474 g/mol. The maximum Gasteiger partial charge on any atom is 0.246 e. The highest BCUT2D eigenvalue weighted by Gasteiger charge is 2.31. The fraction of sp³-hybridized carbons (Fsp3) is 0.250. The first-order valence-electron chi connectivity index (χ1n) is 10.9. The van der Waals surface area contributed by atoms with E-state index in [9.17, 15) is 8.42 Å². The second kappa shape index (κ2) is 9.34. The Labute approximate surface area is 203 Å². The van der Waals surface area contributed by atoms with Gasteiger partial charge in [-0.15, -0.1) is 0 Å². The van der Waals surface area contributed by atoms with E-state index in [0.29, 0.717) is 37.7 Å². The van der Waals surface area contributed by atoms with Crippen LogP contribution in [0.1, 0.15) is 5.82 Å². The van der Waals surface area contributed by atoms with Gasteiger partial charge in [0, 0.05) is 43.1 Å². The molecule has 3 heterocycles. The van der Waals surface area contributed by atoms with Crippen molar-refractivity contribution in [3.8, 4) is 11.4 Å². The van der Waals surface area contributed by atoms with Crippen LogP contribution in [0.4, 0.5) is 0 Å². The molecule has 2 aromatic carbocycles. The molecule has 1 saturated heterocycles. The predicted molar refractivity (Wildman–Crippen MR) is 131 cm³/mol. The Morgan fingerprint density at radius 2 is 1.76 bits per heavy atom. The lowest BCUT2D eigenvalue weighted by Crippen LogP contribution is -2.48. The molecule has 2 aromatic heterocycles. The molecule has 5 rings (SSSR count). The topological polar surface area (TPSA) is 80.6 Å². The molecule has 0 unspecified atom stereocenters. The number of imidazole rings is 1. The minimum atomic E-state index is -3.73. The Bertz CT molecular complexity index is 1420. The maximum atomic E-state index is 13.3. The Hall–Kier alpha value is -2.98. The van der Waals surface area contributed by atoms with E-state index in [2.05, 4.69) is 14.5 Å². The lowest BCUT2D eigenvalue weighted by atomic mass is 10.3. The van der Waals surface area contributed by atoms with Crippen LogP contribution >= 0.6 is 11.6 Å². The molecule has 34 heavy (non-hydrogen) atoms. The second-order valence-electron chi connectivity index (χ2n) is 8.02. The Kier molecular flexibility index (Phi) is 6.26. The van der Waals surface area contributed by atoms with Crippen molar-refractivity contribution in [3.63, 3.8) is 0 Å². The van der Waals surface area contributed by atoms with E-state index in [1.165, 1.54) is 17.5 Å². The van der Waals surface area contributed by atoms with Crippen molar-refractivity contribution in [1.29, 1.82) is 0 Å². The summed E-state index contributed by atoms with van der Waals surface area (Å²) in [5.41, 5.74) is 2.63. The van der Waals surface area contributed by atoms with E-state index in [4.69, 9.17) is 21.3 Å². The number of methoxy groups -OCH3 is 1. The number of aromatic nitrogens is 3. The molecule has 8 nitrogen and oxygen atoms in total. The van der Waals surface area contributed by atoms with Gasteiger partial charge in [0.25, 0.3) is 0 Å². The number of pyridine rings is 1. The van der Waals surface area contributed by atoms with Crippen molar-refractivity contribution in [3.05, 3.63) is 77.7 Å². The van der Waals surface area contributed by atoms with Crippen molar-refractivity contribution in [2.75, 3.05) is 33.3 Å². The third kappa shape index (κ3) is 4.27. The van der Waals surface area contributed by atoms with Crippen LogP contribution in [-0.2, 0) is 16.6 Å². The summed E-state index contributed by atoms with van der Waals surface area (Å²) in [4.78, 5) is 11.7. The monoisotopic (exact) mass is 497 g/mol. The van der Waals surface area contributed by atoms with Crippen LogP contribution in [-0.4, -0.2) is 65.4 Å². The number of nitrogens with zero attached hydrogens (tertiary/aromatic N) is 5. The first-order valence-corrected chi connectivity index (χ1v) is 12.7. The van der Waals surface area contributed by atoms with Gasteiger partial charge >= 0.3 is 0 Å². The summed E-state index contributed by atoms with van der Waals surface area (Å²) in [6, 6.07) is 18.5. The van der Waals surface area contributed by atoms with Crippen LogP contribution in [0.2, 0.25) is 5.02 Å². The van der Waals surface area contributed by atoms with E-state index in [-0.39, 0.29) is 10.6 Å². The van der Waals surface area contributed by atoms with E-state index in [0.717, 1.165) is 22.7 Å². The van der Waals surface area contributed by atoms with Crippen LogP contribution in [0.3, 0.4) is 0 Å². The van der Waals surface area contributed by atoms with Gasteiger partial charge in [-0.25, -0.2) is 18.4 Å². The van der Waals surface area contributed by atoms with Crippen molar-refractivity contribution in [2.24, 2.45) is 0 Å². The molecule has 4 aromatic rings. The van der Waals surface area contributed by atoms with Gasteiger partial charge in [0.05, 0.1) is 13.7 Å². The van der Waals surface area contributed by atoms with Crippen LogP contribution < -0.4 is 4.74 Å². The summed E-state index contributed by atoms with van der Waals surface area (Å²) in [6.07, 6.45) is 1.76.